The molecule has 100 valence electrons. The van der Waals surface area contributed by atoms with Crippen molar-refractivity contribution in [3.63, 3.8) is 0 Å². The van der Waals surface area contributed by atoms with E-state index >= 15 is 0 Å². The SMILES string of the molecule is OC(CNC(c1ccccc1)C1CC1)c1ccsc1. The van der Waals surface area contributed by atoms with Gasteiger partial charge in [-0.05, 0) is 46.7 Å². The number of hydrogen-bond donors (Lipinski definition) is 2. The Kier molecular flexibility index (Phi) is 3.97. The molecule has 1 heterocycles. The van der Waals surface area contributed by atoms with Crippen LogP contribution in [-0.2, 0) is 0 Å². The van der Waals surface area contributed by atoms with E-state index in [0.717, 1.165) is 11.5 Å². The molecular formula is C16H19NOS. The lowest BCUT2D eigenvalue weighted by Gasteiger charge is -2.20. The third kappa shape index (κ3) is 3.24. The van der Waals surface area contributed by atoms with Gasteiger partial charge in [-0.1, -0.05) is 30.3 Å². The van der Waals surface area contributed by atoms with Gasteiger partial charge in [0.15, 0.2) is 0 Å². The van der Waals surface area contributed by atoms with Crippen LogP contribution in [0.5, 0.6) is 0 Å². The lowest BCUT2D eigenvalue weighted by molar-refractivity contribution is 0.168. The van der Waals surface area contributed by atoms with E-state index < -0.39 is 6.10 Å². The van der Waals surface area contributed by atoms with E-state index in [1.54, 1.807) is 11.3 Å². The summed E-state index contributed by atoms with van der Waals surface area (Å²) in [5, 5.41) is 17.7. The minimum atomic E-state index is -0.406. The molecule has 0 saturated heterocycles. The van der Waals surface area contributed by atoms with Crippen LogP contribution in [0.15, 0.2) is 47.2 Å². The van der Waals surface area contributed by atoms with Crippen LogP contribution < -0.4 is 5.32 Å². The highest BCUT2D eigenvalue weighted by Crippen LogP contribution is 2.41. The van der Waals surface area contributed by atoms with Crippen LogP contribution in [-0.4, -0.2) is 11.7 Å². The van der Waals surface area contributed by atoms with Gasteiger partial charge in [-0.3, -0.25) is 0 Å². The molecule has 1 aliphatic carbocycles. The molecule has 2 aromatic rings. The van der Waals surface area contributed by atoms with Gasteiger partial charge in [-0.25, -0.2) is 0 Å². The molecule has 1 saturated carbocycles. The van der Waals surface area contributed by atoms with Gasteiger partial charge < -0.3 is 10.4 Å². The Balaban J connectivity index is 1.63. The Morgan fingerprint density at radius 3 is 2.58 bits per heavy atom. The number of aliphatic hydroxyl groups excluding tert-OH is 1. The van der Waals surface area contributed by atoms with E-state index in [4.69, 9.17) is 0 Å². The smallest absolute Gasteiger partial charge is 0.0922 e. The summed E-state index contributed by atoms with van der Waals surface area (Å²) >= 11 is 1.63. The fourth-order valence-electron chi connectivity index (χ4n) is 2.47. The number of benzene rings is 1. The standard InChI is InChI=1S/C16H19NOS/c18-15(14-8-9-19-11-14)10-17-16(13-6-7-13)12-4-2-1-3-5-12/h1-5,8-9,11,13,15-18H,6-7,10H2. The van der Waals surface area contributed by atoms with Crippen LogP contribution in [0.1, 0.15) is 36.1 Å². The fraction of sp³-hybridized carbons (Fsp3) is 0.375. The summed E-state index contributed by atoms with van der Waals surface area (Å²) in [4.78, 5) is 0. The molecule has 0 spiro atoms. The van der Waals surface area contributed by atoms with Gasteiger partial charge in [0.2, 0.25) is 0 Å². The molecule has 0 bridgehead atoms. The summed E-state index contributed by atoms with van der Waals surface area (Å²) in [6, 6.07) is 12.9. The molecule has 1 aliphatic rings. The molecule has 1 aromatic carbocycles. The third-order valence-corrected chi connectivity index (χ3v) is 4.41. The molecule has 0 aliphatic heterocycles. The van der Waals surface area contributed by atoms with Crippen molar-refractivity contribution in [3.8, 4) is 0 Å². The first-order valence-electron chi connectivity index (χ1n) is 6.83. The molecule has 2 nitrogen and oxygen atoms in total. The molecule has 3 heteroatoms. The number of nitrogens with one attached hydrogen (secondary N) is 1. The Morgan fingerprint density at radius 2 is 1.95 bits per heavy atom. The molecule has 2 unspecified atom stereocenters. The molecule has 2 atom stereocenters. The van der Waals surface area contributed by atoms with Crippen molar-refractivity contribution in [1.29, 1.82) is 0 Å². The predicted molar refractivity (Wildman–Crippen MR) is 79.2 cm³/mol. The van der Waals surface area contributed by atoms with E-state index in [0.29, 0.717) is 12.6 Å². The zero-order chi connectivity index (χ0) is 13.1. The molecule has 2 N–H and O–H groups in total. The Labute approximate surface area is 118 Å². The van der Waals surface area contributed by atoms with Gasteiger partial charge in [-0.15, -0.1) is 0 Å². The predicted octanol–water partition coefficient (Wildman–Crippen LogP) is 3.52. The van der Waals surface area contributed by atoms with Crippen molar-refractivity contribution in [2.75, 3.05) is 6.54 Å². The summed E-state index contributed by atoms with van der Waals surface area (Å²) in [5.41, 5.74) is 2.35. The van der Waals surface area contributed by atoms with Crippen molar-refractivity contribution in [2.24, 2.45) is 5.92 Å². The zero-order valence-corrected chi connectivity index (χ0v) is 11.6. The number of thiophene rings is 1. The molecule has 3 rings (SSSR count). The van der Waals surface area contributed by atoms with Crippen molar-refractivity contribution in [2.45, 2.75) is 25.0 Å². The van der Waals surface area contributed by atoms with Gasteiger partial charge in [0.05, 0.1) is 6.10 Å². The second-order valence-electron chi connectivity index (χ2n) is 5.21. The summed E-state index contributed by atoms with van der Waals surface area (Å²) in [5.74, 6) is 0.733. The van der Waals surface area contributed by atoms with Crippen molar-refractivity contribution in [3.05, 3.63) is 58.3 Å². The van der Waals surface area contributed by atoms with E-state index in [1.165, 1.54) is 18.4 Å². The highest BCUT2D eigenvalue weighted by molar-refractivity contribution is 7.07. The highest BCUT2D eigenvalue weighted by atomic mass is 32.1. The summed E-state index contributed by atoms with van der Waals surface area (Å²) in [6.45, 7) is 0.618. The maximum atomic E-state index is 10.2. The van der Waals surface area contributed by atoms with E-state index in [2.05, 4.69) is 29.6 Å². The number of hydrogen-bond acceptors (Lipinski definition) is 3. The van der Waals surface area contributed by atoms with Gasteiger partial charge in [-0.2, -0.15) is 11.3 Å². The van der Waals surface area contributed by atoms with Crippen LogP contribution in [0.25, 0.3) is 0 Å². The monoisotopic (exact) mass is 273 g/mol. The molecule has 0 radical (unpaired) electrons. The molecule has 1 fully saturated rings. The van der Waals surface area contributed by atoms with Crippen LogP contribution >= 0.6 is 11.3 Å². The van der Waals surface area contributed by atoms with Gasteiger partial charge >= 0.3 is 0 Å². The van der Waals surface area contributed by atoms with Crippen molar-refractivity contribution < 1.29 is 5.11 Å². The summed E-state index contributed by atoms with van der Waals surface area (Å²) in [7, 11) is 0. The molecule has 19 heavy (non-hydrogen) atoms. The Morgan fingerprint density at radius 1 is 1.16 bits per heavy atom. The summed E-state index contributed by atoms with van der Waals surface area (Å²) < 4.78 is 0. The van der Waals surface area contributed by atoms with Crippen molar-refractivity contribution >= 4 is 11.3 Å². The zero-order valence-electron chi connectivity index (χ0n) is 10.8. The van der Waals surface area contributed by atoms with Crippen LogP contribution in [0.2, 0.25) is 0 Å². The summed E-state index contributed by atoms with van der Waals surface area (Å²) in [6.07, 6.45) is 2.18. The number of rotatable bonds is 6. The first-order valence-corrected chi connectivity index (χ1v) is 7.77. The normalized spacial score (nSPS) is 18.2. The maximum Gasteiger partial charge on any atom is 0.0922 e. The van der Waals surface area contributed by atoms with Gasteiger partial charge in [0, 0.05) is 12.6 Å². The molecule has 1 aromatic heterocycles. The van der Waals surface area contributed by atoms with E-state index in [-0.39, 0.29) is 0 Å². The average Bonchev–Trinajstić information content (AvgIpc) is 3.13. The first kappa shape index (κ1) is 12.9. The lowest BCUT2D eigenvalue weighted by Crippen LogP contribution is -2.27. The molecular weight excluding hydrogens is 254 g/mol. The third-order valence-electron chi connectivity index (χ3n) is 3.71. The van der Waals surface area contributed by atoms with E-state index in [9.17, 15) is 5.11 Å². The van der Waals surface area contributed by atoms with Gasteiger partial charge in [0.25, 0.3) is 0 Å². The quantitative estimate of drug-likeness (QED) is 0.844. The molecule has 0 amide bonds. The topological polar surface area (TPSA) is 32.3 Å². The average molecular weight is 273 g/mol. The highest BCUT2D eigenvalue weighted by Gasteiger charge is 2.32. The largest absolute Gasteiger partial charge is 0.387 e. The minimum Gasteiger partial charge on any atom is -0.387 e. The van der Waals surface area contributed by atoms with Crippen LogP contribution in [0.4, 0.5) is 0 Å². The Hall–Kier alpha value is -1.16. The van der Waals surface area contributed by atoms with Crippen molar-refractivity contribution in [1.82, 2.24) is 5.32 Å². The van der Waals surface area contributed by atoms with E-state index in [1.807, 2.05) is 22.9 Å². The Bertz CT molecular complexity index is 493. The van der Waals surface area contributed by atoms with Crippen LogP contribution in [0.3, 0.4) is 0 Å². The maximum absolute atomic E-state index is 10.2. The lowest BCUT2D eigenvalue weighted by atomic mass is 10.0. The van der Waals surface area contributed by atoms with Gasteiger partial charge in [0.1, 0.15) is 0 Å². The number of aliphatic hydroxyl groups is 1. The fourth-order valence-corrected chi connectivity index (χ4v) is 3.17. The first-order chi connectivity index (χ1) is 9.34. The van der Waals surface area contributed by atoms with Crippen LogP contribution in [0, 0.1) is 5.92 Å². The minimum absolute atomic E-state index is 0.384. The second-order valence-corrected chi connectivity index (χ2v) is 5.99. The second kappa shape index (κ2) is 5.87.